The van der Waals surface area contributed by atoms with E-state index in [1.165, 1.54) is 165 Å². The molecule has 0 heterocycles. The molecule has 1 aliphatic carbocycles. The zero-order valence-corrected chi connectivity index (χ0v) is 52.3. The van der Waals surface area contributed by atoms with Gasteiger partial charge in [0.1, 0.15) is 0 Å². The molecule has 0 N–H and O–H groups in total. The van der Waals surface area contributed by atoms with Gasteiger partial charge in [-0.3, -0.25) is 0 Å². The van der Waals surface area contributed by atoms with Crippen LogP contribution in [0, 0.1) is 69.2 Å². The Morgan fingerprint density at radius 3 is 0.862 bits per heavy atom. The van der Waals surface area contributed by atoms with Gasteiger partial charge in [-0.1, -0.05) is 312 Å². The topological polar surface area (TPSA) is 0 Å². The van der Waals surface area contributed by atoms with E-state index in [0.717, 1.165) is 6.42 Å². The van der Waals surface area contributed by atoms with Crippen LogP contribution in [0.1, 0.15) is 66.8 Å². The summed E-state index contributed by atoms with van der Waals surface area (Å²) in [5, 5.41) is 10.7. The maximum atomic E-state index is 2.31. The van der Waals surface area contributed by atoms with Crippen molar-refractivity contribution >= 4 is 43.1 Å². The van der Waals surface area contributed by atoms with Crippen LogP contribution in [0.15, 0.2) is 279 Å². The van der Waals surface area contributed by atoms with Gasteiger partial charge in [-0.15, -0.1) is 0 Å². The molecule has 14 aromatic rings. The van der Waals surface area contributed by atoms with E-state index in [4.69, 9.17) is 0 Å². The highest BCUT2D eigenvalue weighted by molar-refractivity contribution is 6.01. The molecule has 426 valence electrons. The lowest BCUT2D eigenvalue weighted by Gasteiger charge is -2.09. The minimum atomic E-state index is 1.10. The molecule has 0 bridgehead atoms. The van der Waals surface area contributed by atoms with E-state index in [1.54, 1.807) is 0 Å². The van der Waals surface area contributed by atoms with E-state index < -0.39 is 0 Å². The largest absolute Gasteiger partial charge is 0.0616 e. The van der Waals surface area contributed by atoms with Crippen molar-refractivity contribution in [3.8, 4) is 55.6 Å². The summed E-state index contributed by atoms with van der Waals surface area (Å²) in [5.41, 5.74) is 29.5. The maximum absolute atomic E-state index is 2.31. The van der Waals surface area contributed by atoms with Gasteiger partial charge < -0.3 is 0 Å². The van der Waals surface area contributed by atoms with Crippen molar-refractivity contribution < 1.29 is 0 Å². The van der Waals surface area contributed by atoms with Crippen molar-refractivity contribution in [2.75, 3.05) is 0 Å². The summed E-state index contributed by atoms with van der Waals surface area (Å²) in [6.07, 6.45) is 1.10. The first-order chi connectivity index (χ1) is 42.3. The summed E-state index contributed by atoms with van der Waals surface area (Å²) in [7, 11) is 0. The Labute approximate surface area is 517 Å². The molecule has 0 aliphatic heterocycles. The van der Waals surface area contributed by atoms with Gasteiger partial charge in [-0.05, 0) is 208 Å². The standard InChI is InChI=1S/4C18H16.C15H14/c1-13-6-3-8-15(12-13)17-10-5-9-16-14(2)7-4-11-18(16)17;1-13-9-11-15(12-10-13)17-7-4-6-16-14(2)5-3-8-18(16)17;1-13-6-5-7-15(12-13)17-11-10-14(2)16-8-3-4-9-18(16)17;1-13-7-10-15(11-8-13)17-12-9-14(2)16-5-3-4-6-18(16)17;1-10-3-5-12-9-13-6-4-11(2)8-15(13)14(12)7-10/h4*3-12H,1-2H3;3-8H,9H2,1-2H3. The van der Waals surface area contributed by atoms with Crippen molar-refractivity contribution in [2.24, 2.45) is 0 Å². The van der Waals surface area contributed by atoms with Gasteiger partial charge >= 0.3 is 0 Å². The second-order valence-corrected chi connectivity index (χ2v) is 23.9. The molecule has 0 spiro atoms. The third-order valence-corrected chi connectivity index (χ3v) is 17.1. The molecular weight excluding hydrogens is 1040 g/mol. The Bertz CT molecular complexity index is 4530. The lowest BCUT2D eigenvalue weighted by molar-refractivity contribution is 1.25. The Hall–Kier alpha value is -9.88. The third-order valence-electron chi connectivity index (χ3n) is 17.1. The Kier molecular flexibility index (Phi) is 18.0. The summed E-state index contributed by atoms with van der Waals surface area (Å²) < 4.78 is 0. The van der Waals surface area contributed by atoms with Crippen LogP contribution in [0.5, 0.6) is 0 Å². The molecule has 87 heavy (non-hydrogen) atoms. The van der Waals surface area contributed by atoms with Crippen molar-refractivity contribution in [3.63, 3.8) is 0 Å². The molecule has 0 saturated heterocycles. The fraction of sp³-hybridized carbons (Fsp3) is 0.126. The Morgan fingerprint density at radius 1 is 0.172 bits per heavy atom. The van der Waals surface area contributed by atoms with Gasteiger partial charge in [-0.25, -0.2) is 0 Å². The van der Waals surface area contributed by atoms with Crippen LogP contribution in [0.2, 0.25) is 0 Å². The molecule has 0 nitrogen and oxygen atoms in total. The number of hydrogen-bond acceptors (Lipinski definition) is 0. The zero-order valence-electron chi connectivity index (χ0n) is 52.3. The molecule has 0 radical (unpaired) electrons. The van der Waals surface area contributed by atoms with Crippen LogP contribution in [0.25, 0.3) is 98.7 Å². The molecule has 0 amide bonds. The number of rotatable bonds is 4. The number of fused-ring (bicyclic) bond motifs is 7. The van der Waals surface area contributed by atoms with E-state index in [9.17, 15) is 0 Å². The predicted octanol–water partition coefficient (Wildman–Crippen LogP) is 24.4. The maximum Gasteiger partial charge on any atom is -0.00134 e. The number of aryl methyl sites for hydroxylation is 10. The number of benzene rings is 14. The van der Waals surface area contributed by atoms with Gasteiger partial charge in [0.05, 0.1) is 0 Å². The van der Waals surface area contributed by atoms with Crippen LogP contribution < -0.4 is 0 Å². The molecule has 0 fully saturated rings. The third kappa shape index (κ3) is 13.5. The summed E-state index contributed by atoms with van der Waals surface area (Å²) in [6.45, 7) is 21.5. The summed E-state index contributed by atoms with van der Waals surface area (Å²) >= 11 is 0. The van der Waals surface area contributed by atoms with Gasteiger partial charge in [0.15, 0.2) is 0 Å². The molecule has 1 aliphatic rings. The van der Waals surface area contributed by atoms with Gasteiger partial charge in [0.25, 0.3) is 0 Å². The zero-order chi connectivity index (χ0) is 60.6. The van der Waals surface area contributed by atoms with E-state index in [0.29, 0.717) is 0 Å². The average Bonchev–Trinajstić information content (AvgIpc) is 3.89. The second-order valence-electron chi connectivity index (χ2n) is 23.9. The van der Waals surface area contributed by atoms with Crippen LogP contribution >= 0.6 is 0 Å². The van der Waals surface area contributed by atoms with Crippen LogP contribution in [-0.4, -0.2) is 0 Å². The highest BCUT2D eigenvalue weighted by Gasteiger charge is 2.18. The van der Waals surface area contributed by atoms with E-state index in [2.05, 4.69) is 348 Å². The molecule has 15 rings (SSSR count). The first-order valence-electron chi connectivity index (χ1n) is 30.7. The number of hydrogen-bond donors (Lipinski definition) is 0. The SMILES string of the molecule is Cc1ccc(-c2ccc(C)c3ccccc23)cc1.Cc1ccc(-c2cccc3c(C)cccc23)cc1.Cc1ccc2c(c1)-c1cc(C)ccc1C2.Cc1cccc(-c2ccc(C)c3ccccc23)c1.Cc1cccc(-c2cccc3c(C)cccc23)c1. The summed E-state index contributed by atoms with van der Waals surface area (Å²) in [5.74, 6) is 0. The van der Waals surface area contributed by atoms with Crippen molar-refractivity contribution in [2.45, 2.75) is 75.7 Å². The molecular formula is C87H78. The molecule has 0 unspecified atom stereocenters. The van der Waals surface area contributed by atoms with Crippen LogP contribution in [0.4, 0.5) is 0 Å². The predicted molar refractivity (Wildman–Crippen MR) is 380 cm³/mol. The van der Waals surface area contributed by atoms with Gasteiger partial charge in [0, 0.05) is 0 Å². The van der Waals surface area contributed by atoms with E-state index >= 15 is 0 Å². The first-order valence-corrected chi connectivity index (χ1v) is 30.7. The molecule has 0 atom stereocenters. The molecule has 14 aromatic carbocycles. The monoisotopic (exact) mass is 1120 g/mol. The van der Waals surface area contributed by atoms with Crippen molar-refractivity contribution in [3.05, 3.63) is 346 Å². The first kappa shape index (κ1) is 58.9. The normalized spacial score (nSPS) is 11.1. The fourth-order valence-electron chi connectivity index (χ4n) is 12.3. The average molecular weight is 1120 g/mol. The smallest absolute Gasteiger partial charge is 0.00134 e. The van der Waals surface area contributed by atoms with Crippen molar-refractivity contribution in [1.82, 2.24) is 0 Å². The second kappa shape index (κ2) is 26.6. The minimum Gasteiger partial charge on any atom is -0.0616 e. The summed E-state index contributed by atoms with van der Waals surface area (Å²) in [4.78, 5) is 0. The lowest BCUT2D eigenvalue weighted by atomic mass is 9.95. The van der Waals surface area contributed by atoms with Crippen LogP contribution in [-0.2, 0) is 6.42 Å². The van der Waals surface area contributed by atoms with Crippen LogP contribution in [0.3, 0.4) is 0 Å². The fourth-order valence-corrected chi connectivity index (χ4v) is 12.3. The van der Waals surface area contributed by atoms with E-state index in [-0.39, 0.29) is 0 Å². The molecule has 0 saturated carbocycles. The Balaban J connectivity index is 0.000000113. The van der Waals surface area contributed by atoms with Gasteiger partial charge in [-0.2, -0.15) is 0 Å². The quantitative estimate of drug-likeness (QED) is 0.165. The molecule has 0 aromatic heterocycles. The molecule has 0 heteroatoms. The van der Waals surface area contributed by atoms with E-state index in [1.807, 2.05) is 0 Å². The van der Waals surface area contributed by atoms with Gasteiger partial charge in [0.2, 0.25) is 0 Å². The summed E-state index contributed by atoms with van der Waals surface area (Å²) in [6, 6.07) is 101. The highest BCUT2D eigenvalue weighted by Crippen LogP contribution is 2.38. The lowest BCUT2D eigenvalue weighted by Crippen LogP contribution is -1.85. The highest BCUT2D eigenvalue weighted by atomic mass is 14.2. The van der Waals surface area contributed by atoms with Crippen molar-refractivity contribution in [1.29, 1.82) is 0 Å². The Morgan fingerprint density at radius 2 is 0.460 bits per heavy atom. The minimum absolute atomic E-state index is 1.10.